The molecule has 0 saturated carbocycles. The molecule has 6 heteroatoms. The van der Waals surface area contributed by atoms with Crippen LogP contribution in [-0.2, 0) is 6.18 Å². The number of anilines is 1. The van der Waals surface area contributed by atoms with Crippen molar-refractivity contribution in [1.82, 2.24) is 0 Å². The van der Waals surface area contributed by atoms with Gasteiger partial charge in [-0.05, 0) is 37.3 Å². The number of amides is 1. The third kappa shape index (κ3) is 2.47. The van der Waals surface area contributed by atoms with Crippen molar-refractivity contribution < 1.29 is 18.0 Å². The maximum absolute atomic E-state index is 12.9. The highest BCUT2D eigenvalue weighted by molar-refractivity contribution is 7.99. The number of carbonyl (C=O) groups is 1. The number of alkyl halides is 3. The summed E-state index contributed by atoms with van der Waals surface area (Å²) in [5.41, 5.74) is 0.287. The quantitative estimate of drug-likeness (QED) is 0.749. The summed E-state index contributed by atoms with van der Waals surface area (Å²) in [5, 5.41) is 0. The molecule has 114 valence electrons. The summed E-state index contributed by atoms with van der Waals surface area (Å²) in [5.74, 6) is -0.274. The van der Waals surface area contributed by atoms with E-state index in [2.05, 4.69) is 0 Å². The van der Waals surface area contributed by atoms with Crippen LogP contribution in [0.4, 0.5) is 18.9 Å². The van der Waals surface area contributed by atoms with Gasteiger partial charge >= 0.3 is 6.18 Å². The van der Waals surface area contributed by atoms with E-state index in [1.807, 2.05) is 25.1 Å². The van der Waals surface area contributed by atoms with Crippen molar-refractivity contribution >= 4 is 23.4 Å². The molecule has 0 spiro atoms. The summed E-state index contributed by atoms with van der Waals surface area (Å²) >= 11 is 1.19. The van der Waals surface area contributed by atoms with Gasteiger partial charge in [-0.3, -0.25) is 4.79 Å². The molecule has 0 N–H and O–H groups in total. The Morgan fingerprint density at radius 2 is 1.82 bits per heavy atom. The van der Waals surface area contributed by atoms with E-state index in [1.54, 1.807) is 11.0 Å². The zero-order valence-electron chi connectivity index (χ0n) is 11.6. The minimum Gasteiger partial charge on any atom is -0.307 e. The lowest BCUT2D eigenvalue weighted by Gasteiger charge is -2.20. The molecule has 0 aliphatic carbocycles. The molecule has 1 amide bonds. The summed E-state index contributed by atoms with van der Waals surface area (Å²) in [6.45, 7) is 2.30. The summed E-state index contributed by atoms with van der Waals surface area (Å²) in [4.78, 5) is 15.3. The Hall–Kier alpha value is -1.95. The first-order chi connectivity index (χ1) is 10.4. The van der Waals surface area contributed by atoms with Gasteiger partial charge in [0.25, 0.3) is 5.91 Å². The van der Waals surface area contributed by atoms with Gasteiger partial charge < -0.3 is 4.90 Å². The van der Waals surface area contributed by atoms with Crippen LogP contribution in [0, 0.1) is 0 Å². The van der Waals surface area contributed by atoms with Crippen LogP contribution in [0.15, 0.2) is 52.3 Å². The minimum absolute atomic E-state index is 0.274. The number of para-hydroxylation sites is 1. The Morgan fingerprint density at radius 3 is 2.50 bits per heavy atom. The van der Waals surface area contributed by atoms with Crippen LogP contribution in [0.25, 0.3) is 0 Å². The average Bonchev–Trinajstić information content (AvgIpc) is 2.59. The first kappa shape index (κ1) is 15.0. The van der Waals surface area contributed by atoms with Gasteiger partial charge in [0, 0.05) is 16.3 Å². The van der Waals surface area contributed by atoms with E-state index in [9.17, 15) is 18.0 Å². The molecule has 1 heterocycles. The van der Waals surface area contributed by atoms with Gasteiger partial charge in [0.05, 0.1) is 16.8 Å². The minimum atomic E-state index is -4.42. The number of fused-ring (bicyclic) bond motifs is 2. The van der Waals surface area contributed by atoms with E-state index >= 15 is 0 Å². The number of nitrogens with zero attached hydrogens (tertiary/aromatic N) is 1. The largest absolute Gasteiger partial charge is 0.416 e. The van der Waals surface area contributed by atoms with Gasteiger partial charge in [-0.2, -0.15) is 13.2 Å². The Morgan fingerprint density at radius 1 is 1.09 bits per heavy atom. The molecule has 0 radical (unpaired) electrons. The molecular formula is C16H12F3NOS. The lowest BCUT2D eigenvalue weighted by atomic mass is 10.1. The van der Waals surface area contributed by atoms with Gasteiger partial charge in [-0.15, -0.1) is 0 Å². The molecule has 2 nitrogen and oxygen atoms in total. The molecule has 0 saturated heterocycles. The van der Waals surface area contributed by atoms with E-state index < -0.39 is 11.7 Å². The highest BCUT2D eigenvalue weighted by Crippen LogP contribution is 2.43. The lowest BCUT2D eigenvalue weighted by Crippen LogP contribution is -2.30. The number of benzene rings is 2. The second-order valence-corrected chi connectivity index (χ2v) is 5.91. The fourth-order valence-electron chi connectivity index (χ4n) is 2.41. The SMILES string of the molecule is CCN1C(=O)c2ccc(C(F)(F)F)cc2Sc2ccccc21. The number of hydrogen-bond donors (Lipinski definition) is 0. The van der Waals surface area contributed by atoms with Crippen molar-refractivity contribution in [3.8, 4) is 0 Å². The van der Waals surface area contributed by atoms with Crippen molar-refractivity contribution in [1.29, 1.82) is 0 Å². The predicted molar refractivity (Wildman–Crippen MR) is 79.4 cm³/mol. The molecular weight excluding hydrogens is 311 g/mol. The van der Waals surface area contributed by atoms with E-state index in [-0.39, 0.29) is 5.91 Å². The molecule has 0 bridgehead atoms. The lowest BCUT2D eigenvalue weighted by molar-refractivity contribution is -0.137. The zero-order chi connectivity index (χ0) is 15.9. The monoisotopic (exact) mass is 323 g/mol. The van der Waals surface area contributed by atoms with Crippen LogP contribution < -0.4 is 4.90 Å². The Kier molecular flexibility index (Phi) is 3.64. The van der Waals surface area contributed by atoms with Crippen molar-refractivity contribution in [3.05, 3.63) is 53.6 Å². The Balaban J connectivity index is 2.19. The van der Waals surface area contributed by atoms with E-state index in [0.717, 1.165) is 22.7 Å². The van der Waals surface area contributed by atoms with E-state index in [1.165, 1.54) is 17.8 Å². The van der Waals surface area contributed by atoms with E-state index in [0.29, 0.717) is 17.0 Å². The molecule has 0 atom stereocenters. The molecule has 1 aliphatic heterocycles. The molecule has 2 aromatic rings. The third-order valence-electron chi connectivity index (χ3n) is 3.48. The molecule has 22 heavy (non-hydrogen) atoms. The van der Waals surface area contributed by atoms with Crippen molar-refractivity contribution in [3.63, 3.8) is 0 Å². The standard InChI is InChI=1S/C16H12F3NOS/c1-2-20-12-5-3-4-6-13(12)22-14-9-10(16(17,18)19)7-8-11(14)15(20)21/h3-9H,2H2,1H3. The Bertz CT molecular complexity index is 742. The third-order valence-corrected chi connectivity index (χ3v) is 4.60. The highest BCUT2D eigenvalue weighted by Gasteiger charge is 2.33. The number of carbonyl (C=O) groups excluding carboxylic acids is 1. The van der Waals surface area contributed by atoms with Gasteiger partial charge in [-0.25, -0.2) is 0 Å². The smallest absolute Gasteiger partial charge is 0.307 e. The van der Waals surface area contributed by atoms with Crippen molar-refractivity contribution in [2.24, 2.45) is 0 Å². The average molecular weight is 323 g/mol. The Labute approximate surface area is 129 Å². The summed E-state index contributed by atoms with van der Waals surface area (Å²) < 4.78 is 38.7. The van der Waals surface area contributed by atoms with Crippen LogP contribution in [0.5, 0.6) is 0 Å². The molecule has 0 aromatic heterocycles. The first-order valence-corrected chi connectivity index (χ1v) is 7.53. The molecule has 0 fully saturated rings. The van der Waals surface area contributed by atoms with Crippen LogP contribution >= 0.6 is 11.8 Å². The maximum Gasteiger partial charge on any atom is 0.416 e. The first-order valence-electron chi connectivity index (χ1n) is 6.72. The van der Waals surface area contributed by atoms with Gasteiger partial charge in [0.15, 0.2) is 0 Å². The van der Waals surface area contributed by atoms with Crippen LogP contribution in [0.1, 0.15) is 22.8 Å². The van der Waals surface area contributed by atoms with Gasteiger partial charge in [0.1, 0.15) is 0 Å². The molecule has 3 rings (SSSR count). The summed E-state index contributed by atoms with van der Waals surface area (Å²) in [6.07, 6.45) is -4.42. The molecule has 2 aromatic carbocycles. The van der Waals surface area contributed by atoms with Gasteiger partial charge in [0.2, 0.25) is 0 Å². The number of rotatable bonds is 1. The topological polar surface area (TPSA) is 20.3 Å². The number of halogens is 3. The van der Waals surface area contributed by atoms with Crippen LogP contribution in [0.3, 0.4) is 0 Å². The molecule has 1 aliphatic rings. The molecule has 0 unspecified atom stereocenters. The fraction of sp³-hybridized carbons (Fsp3) is 0.188. The summed E-state index contributed by atoms with van der Waals surface area (Å²) in [6, 6.07) is 10.5. The normalized spacial score (nSPS) is 14.4. The van der Waals surface area contributed by atoms with E-state index in [4.69, 9.17) is 0 Å². The summed E-state index contributed by atoms with van der Waals surface area (Å²) in [7, 11) is 0. The fourth-order valence-corrected chi connectivity index (χ4v) is 3.53. The zero-order valence-corrected chi connectivity index (χ0v) is 12.5. The second kappa shape index (κ2) is 5.35. The van der Waals surface area contributed by atoms with Crippen molar-refractivity contribution in [2.45, 2.75) is 22.9 Å². The highest BCUT2D eigenvalue weighted by atomic mass is 32.2. The van der Waals surface area contributed by atoms with Crippen LogP contribution in [0.2, 0.25) is 0 Å². The number of hydrogen-bond acceptors (Lipinski definition) is 2. The predicted octanol–water partition coefficient (Wildman–Crippen LogP) is 4.84. The second-order valence-electron chi connectivity index (χ2n) is 4.83. The van der Waals surface area contributed by atoms with Gasteiger partial charge in [-0.1, -0.05) is 23.9 Å². The van der Waals surface area contributed by atoms with Crippen LogP contribution in [-0.4, -0.2) is 12.5 Å². The maximum atomic E-state index is 12.9. The van der Waals surface area contributed by atoms with Crippen molar-refractivity contribution in [2.75, 3.05) is 11.4 Å².